The van der Waals surface area contributed by atoms with Gasteiger partial charge < -0.3 is 16.0 Å². The van der Waals surface area contributed by atoms with Gasteiger partial charge in [0, 0.05) is 12.2 Å². The van der Waals surface area contributed by atoms with Gasteiger partial charge in [0.2, 0.25) is 11.8 Å². The molecule has 120 valence electrons. The summed E-state index contributed by atoms with van der Waals surface area (Å²) in [5.41, 5.74) is 7.63. The van der Waals surface area contributed by atoms with Gasteiger partial charge in [-0.1, -0.05) is 38.5 Å². The second kappa shape index (κ2) is 6.08. The van der Waals surface area contributed by atoms with Gasteiger partial charge >= 0.3 is 0 Å². The molecule has 0 radical (unpaired) electrons. The van der Waals surface area contributed by atoms with Crippen molar-refractivity contribution in [3.63, 3.8) is 0 Å². The number of nitrogens with two attached hydrogens (primary N) is 1. The Balaban J connectivity index is 2.03. The highest BCUT2D eigenvalue weighted by molar-refractivity contribution is 6.01. The molecule has 0 saturated carbocycles. The Morgan fingerprint density at radius 2 is 1.91 bits per heavy atom. The number of anilines is 1. The summed E-state index contributed by atoms with van der Waals surface area (Å²) in [6, 6.07) is 6.70. The first-order chi connectivity index (χ1) is 10.2. The number of hydrogen-bond acceptors (Lipinski definition) is 3. The summed E-state index contributed by atoms with van der Waals surface area (Å²) >= 11 is 0. The zero-order valence-electron chi connectivity index (χ0n) is 13.7. The van der Waals surface area contributed by atoms with Crippen molar-refractivity contribution in [2.24, 2.45) is 11.1 Å². The predicted molar refractivity (Wildman–Crippen MR) is 87.5 cm³/mol. The van der Waals surface area contributed by atoms with E-state index in [1.54, 1.807) is 4.90 Å². The molecule has 1 saturated heterocycles. The fourth-order valence-electron chi connectivity index (χ4n) is 2.45. The zero-order valence-corrected chi connectivity index (χ0v) is 13.7. The van der Waals surface area contributed by atoms with Crippen molar-refractivity contribution in [1.82, 2.24) is 5.32 Å². The highest BCUT2D eigenvalue weighted by Crippen LogP contribution is 2.23. The summed E-state index contributed by atoms with van der Waals surface area (Å²) in [5, 5.41) is 2.79. The van der Waals surface area contributed by atoms with Gasteiger partial charge in [-0.2, -0.15) is 0 Å². The van der Waals surface area contributed by atoms with Gasteiger partial charge in [0.15, 0.2) is 0 Å². The second-order valence-electron chi connectivity index (χ2n) is 7.02. The van der Waals surface area contributed by atoms with E-state index in [-0.39, 0.29) is 17.2 Å². The largest absolute Gasteiger partial charge is 0.343 e. The summed E-state index contributed by atoms with van der Waals surface area (Å²) in [6.07, 6.45) is 0.606. The Hall–Kier alpha value is -1.88. The molecular formula is C17H25N3O2. The summed E-state index contributed by atoms with van der Waals surface area (Å²) in [6.45, 7) is 8.34. The first-order valence-corrected chi connectivity index (χ1v) is 7.64. The summed E-state index contributed by atoms with van der Waals surface area (Å²) < 4.78 is 0. The summed E-state index contributed by atoms with van der Waals surface area (Å²) in [5.74, 6) is -0.338. The number of nitrogens with one attached hydrogen (secondary N) is 1. The predicted octanol–water partition coefficient (Wildman–Crippen LogP) is 1.59. The smallest absolute Gasteiger partial charge is 0.249 e. The van der Waals surface area contributed by atoms with Gasteiger partial charge in [-0.05, 0) is 30.9 Å². The number of rotatable bonds is 3. The van der Waals surface area contributed by atoms with E-state index < -0.39 is 12.1 Å². The van der Waals surface area contributed by atoms with Crippen LogP contribution in [0, 0.1) is 12.3 Å². The van der Waals surface area contributed by atoms with Crippen molar-refractivity contribution >= 4 is 17.5 Å². The lowest BCUT2D eigenvalue weighted by molar-refractivity contribution is -0.128. The van der Waals surface area contributed by atoms with Crippen LogP contribution in [0.4, 0.5) is 5.69 Å². The topological polar surface area (TPSA) is 75.4 Å². The first-order valence-electron chi connectivity index (χ1n) is 7.64. The number of benzene rings is 1. The van der Waals surface area contributed by atoms with Crippen LogP contribution in [0.25, 0.3) is 0 Å². The van der Waals surface area contributed by atoms with E-state index >= 15 is 0 Å². The molecular weight excluding hydrogens is 278 g/mol. The van der Waals surface area contributed by atoms with E-state index in [4.69, 9.17) is 5.73 Å². The monoisotopic (exact) mass is 303 g/mol. The van der Waals surface area contributed by atoms with Crippen LogP contribution in [0.5, 0.6) is 0 Å². The lowest BCUT2D eigenvalue weighted by Crippen LogP contribution is -2.53. The van der Waals surface area contributed by atoms with Crippen molar-refractivity contribution in [2.75, 3.05) is 11.4 Å². The number of carbonyl (C=O) groups excluding carboxylic acids is 2. The fraction of sp³-hybridized carbons (Fsp3) is 0.529. The standard InChI is InChI=1S/C17H25N3O2/c1-11-5-7-12(8-6-11)20-10-9-13(16(20)22)19-15(21)14(18)17(2,3)4/h5-8,13-14H,9-10,18H2,1-4H3,(H,19,21)/t13?,14-/m1/s1. The first kappa shape index (κ1) is 16.5. The molecule has 0 bridgehead atoms. The fourth-order valence-corrected chi connectivity index (χ4v) is 2.45. The third-order valence-corrected chi connectivity index (χ3v) is 4.08. The quantitative estimate of drug-likeness (QED) is 0.890. The van der Waals surface area contributed by atoms with Gasteiger partial charge in [-0.3, -0.25) is 9.59 Å². The van der Waals surface area contributed by atoms with Gasteiger partial charge in [0.1, 0.15) is 6.04 Å². The Bertz CT molecular complexity index is 560. The molecule has 2 rings (SSSR count). The minimum Gasteiger partial charge on any atom is -0.343 e. The minimum atomic E-state index is -0.631. The van der Waals surface area contributed by atoms with Gasteiger partial charge in [-0.25, -0.2) is 0 Å². The Kier molecular flexibility index (Phi) is 4.56. The molecule has 3 N–H and O–H groups in total. The van der Waals surface area contributed by atoms with Crippen molar-refractivity contribution in [1.29, 1.82) is 0 Å². The minimum absolute atomic E-state index is 0.0710. The summed E-state index contributed by atoms with van der Waals surface area (Å²) in [4.78, 5) is 26.4. The van der Waals surface area contributed by atoms with Crippen molar-refractivity contribution < 1.29 is 9.59 Å². The lowest BCUT2D eigenvalue weighted by atomic mass is 9.87. The molecule has 1 heterocycles. The molecule has 5 heteroatoms. The van der Waals surface area contributed by atoms with Gasteiger partial charge in [-0.15, -0.1) is 0 Å². The zero-order chi connectivity index (χ0) is 16.5. The third kappa shape index (κ3) is 3.47. The van der Waals surface area contributed by atoms with Crippen molar-refractivity contribution in [3.05, 3.63) is 29.8 Å². The molecule has 1 aromatic carbocycles. The molecule has 0 aliphatic carbocycles. The third-order valence-electron chi connectivity index (χ3n) is 4.08. The van der Waals surface area contributed by atoms with E-state index in [9.17, 15) is 9.59 Å². The van der Waals surface area contributed by atoms with Crippen LogP contribution in [-0.4, -0.2) is 30.4 Å². The van der Waals surface area contributed by atoms with Gasteiger partial charge in [0.05, 0.1) is 6.04 Å². The summed E-state index contributed by atoms with van der Waals surface area (Å²) in [7, 11) is 0. The number of nitrogens with zero attached hydrogens (tertiary/aromatic N) is 1. The number of aryl methyl sites for hydroxylation is 1. The lowest BCUT2D eigenvalue weighted by Gasteiger charge is -2.27. The van der Waals surface area contributed by atoms with E-state index in [0.29, 0.717) is 13.0 Å². The Labute approximate surface area is 131 Å². The van der Waals surface area contributed by atoms with Crippen LogP contribution in [0.1, 0.15) is 32.8 Å². The molecule has 0 spiro atoms. The van der Waals surface area contributed by atoms with E-state index in [1.807, 2.05) is 52.0 Å². The normalized spacial score (nSPS) is 20.1. The number of hydrogen-bond donors (Lipinski definition) is 2. The Morgan fingerprint density at radius 3 is 2.45 bits per heavy atom. The average Bonchev–Trinajstić information content (AvgIpc) is 2.79. The van der Waals surface area contributed by atoms with Crippen LogP contribution in [0.3, 0.4) is 0 Å². The van der Waals surface area contributed by atoms with Crippen LogP contribution < -0.4 is 16.0 Å². The number of carbonyl (C=O) groups is 2. The van der Waals surface area contributed by atoms with E-state index in [1.165, 1.54) is 0 Å². The molecule has 1 fully saturated rings. The second-order valence-corrected chi connectivity index (χ2v) is 7.02. The molecule has 1 aliphatic rings. The van der Waals surface area contributed by atoms with Crippen LogP contribution in [0.15, 0.2) is 24.3 Å². The maximum Gasteiger partial charge on any atom is 0.249 e. The molecule has 22 heavy (non-hydrogen) atoms. The highest BCUT2D eigenvalue weighted by atomic mass is 16.2. The van der Waals surface area contributed by atoms with Crippen LogP contribution in [0.2, 0.25) is 0 Å². The molecule has 1 unspecified atom stereocenters. The van der Waals surface area contributed by atoms with Crippen LogP contribution >= 0.6 is 0 Å². The van der Waals surface area contributed by atoms with Crippen molar-refractivity contribution in [3.8, 4) is 0 Å². The maximum absolute atomic E-state index is 12.5. The van der Waals surface area contributed by atoms with Crippen LogP contribution in [-0.2, 0) is 9.59 Å². The maximum atomic E-state index is 12.5. The molecule has 2 atom stereocenters. The van der Waals surface area contributed by atoms with Crippen molar-refractivity contribution in [2.45, 2.75) is 46.2 Å². The molecule has 0 aromatic heterocycles. The molecule has 1 aromatic rings. The molecule has 5 nitrogen and oxygen atoms in total. The molecule has 1 aliphatic heterocycles. The SMILES string of the molecule is Cc1ccc(N2CCC(NC(=O)[C@@H](N)C(C)(C)C)C2=O)cc1. The highest BCUT2D eigenvalue weighted by Gasteiger charge is 2.36. The molecule has 2 amide bonds. The van der Waals surface area contributed by atoms with E-state index in [2.05, 4.69) is 5.32 Å². The van der Waals surface area contributed by atoms with E-state index in [0.717, 1.165) is 11.3 Å². The van der Waals surface area contributed by atoms with Gasteiger partial charge in [0.25, 0.3) is 0 Å². The Morgan fingerprint density at radius 1 is 1.32 bits per heavy atom. The average molecular weight is 303 g/mol. The number of amides is 2.